The van der Waals surface area contributed by atoms with E-state index in [0.717, 1.165) is 12.8 Å². The highest BCUT2D eigenvalue weighted by Gasteiger charge is 2.18. The summed E-state index contributed by atoms with van der Waals surface area (Å²) in [6.45, 7) is 3.80. The van der Waals surface area contributed by atoms with Crippen LogP contribution in [-0.4, -0.2) is 0 Å². The summed E-state index contributed by atoms with van der Waals surface area (Å²) in [6, 6.07) is 10.6. The zero-order chi connectivity index (χ0) is 12.1. The normalized spacial score (nSPS) is 18.3. The third-order valence-electron chi connectivity index (χ3n) is 2.95. The van der Waals surface area contributed by atoms with Gasteiger partial charge in [0.25, 0.3) is 0 Å². The summed E-state index contributed by atoms with van der Waals surface area (Å²) in [5, 5.41) is 0. The molecule has 0 saturated heterocycles. The fourth-order valence-corrected chi connectivity index (χ4v) is 2.69. The van der Waals surface area contributed by atoms with Crippen LogP contribution in [-0.2, 0) is 0 Å². The van der Waals surface area contributed by atoms with Gasteiger partial charge in [-0.15, -0.1) is 0 Å². The van der Waals surface area contributed by atoms with E-state index in [1.165, 1.54) is 22.3 Å². The van der Waals surface area contributed by atoms with E-state index in [4.69, 9.17) is 0 Å². The third kappa shape index (κ3) is 2.78. The van der Waals surface area contributed by atoms with Crippen molar-refractivity contribution in [2.24, 2.45) is 0 Å². The van der Waals surface area contributed by atoms with Crippen LogP contribution in [0.1, 0.15) is 18.4 Å². The van der Waals surface area contributed by atoms with Crippen molar-refractivity contribution in [1.82, 2.24) is 0 Å². The van der Waals surface area contributed by atoms with Gasteiger partial charge in [-0.25, -0.2) is 0 Å². The van der Waals surface area contributed by atoms with E-state index in [2.05, 4.69) is 75.7 Å². The molecule has 86 valence electrons. The molecule has 0 bridgehead atoms. The predicted molar refractivity (Wildman–Crippen MR) is 84.0 cm³/mol. The van der Waals surface area contributed by atoms with E-state index < -0.39 is 0 Å². The van der Waals surface area contributed by atoms with Crippen molar-refractivity contribution in [3.05, 3.63) is 75.9 Å². The fraction of sp³-hybridized carbons (Fsp3) is 0.125. The highest BCUT2D eigenvalue weighted by atomic mass is 127. The molecule has 0 radical (unpaired) electrons. The Kier molecular flexibility index (Phi) is 4.37. The monoisotopic (exact) mass is 334 g/mol. The lowest BCUT2D eigenvalue weighted by molar-refractivity contribution is 1.03. The van der Waals surface area contributed by atoms with Crippen molar-refractivity contribution >= 4 is 28.2 Å². The average Bonchev–Trinajstić information content (AvgIpc) is 2.74. The summed E-state index contributed by atoms with van der Waals surface area (Å²) in [5.41, 5.74) is 5.52. The lowest BCUT2D eigenvalue weighted by Gasteiger charge is -2.07. The molecule has 17 heavy (non-hydrogen) atoms. The van der Waals surface area contributed by atoms with Crippen molar-refractivity contribution in [1.29, 1.82) is 0 Å². The molecule has 0 aliphatic heterocycles. The number of hydrogen-bond donors (Lipinski definition) is 0. The number of halogens is 1. The Labute approximate surface area is 117 Å². The van der Waals surface area contributed by atoms with Gasteiger partial charge in [-0.2, -0.15) is 0 Å². The second-order valence-electron chi connectivity index (χ2n) is 3.99. The molecule has 1 aromatic rings. The van der Waals surface area contributed by atoms with Gasteiger partial charge in [-0.3, -0.25) is 0 Å². The maximum Gasteiger partial charge on any atom is -0.0119 e. The Morgan fingerprint density at radius 3 is 2.53 bits per heavy atom. The Morgan fingerprint density at radius 2 is 1.88 bits per heavy atom. The Balaban J connectivity index is 2.53. The van der Waals surface area contributed by atoms with Gasteiger partial charge in [0.15, 0.2) is 0 Å². The van der Waals surface area contributed by atoms with Gasteiger partial charge in [-0.05, 0) is 39.2 Å². The van der Waals surface area contributed by atoms with E-state index >= 15 is 0 Å². The largest absolute Gasteiger partial charge is 0.0991 e. The van der Waals surface area contributed by atoms with Gasteiger partial charge >= 0.3 is 0 Å². The smallest absolute Gasteiger partial charge is 0.0119 e. The van der Waals surface area contributed by atoms with Crippen molar-refractivity contribution in [3.63, 3.8) is 0 Å². The van der Waals surface area contributed by atoms with Gasteiger partial charge in [0, 0.05) is 0 Å². The van der Waals surface area contributed by atoms with Gasteiger partial charge in [0.1, 0.15) is 0 Å². The van der Waals surface area contributed by atoms with Gasteiger partial charge in [0.05, 0.1) is 0 Å². The van der Waals surface area contributed by atoms with Crippen LogP contribution in [0, 0.1) is 0 Å². The molecule has 1 aliphatic carbocycles. The van der Waals surface area contributed by atoms with Crippen LogP contribution >= 0.6 is 22.6 Å². The molecule has 1 aromatic carbocycles. The minimum Gasteiger partial charge on any atom is -0.0991 e. The summed E-state index contributed by atoms with van der Waals surface area (Å²) in [7, 11) is 0. The first-order valence-electron chi connectivity index (χ1n) is 5.74. The number of hydrogen-bond acceptors (Lipinski definition) is 0. The van der Waals surface area contributed by atoms with Gasteiger partial charge in [-0.1, -0.05) is 77.7 Å². The summed E-state index contributed by atoms with van der Waals surface area (Å²) in [5.74, 6) is 0. The van der Waals surface area contributed by atoms with Gasteiger partial charge in [0.2, 0.25) is 0 Å². The Morgan fingerprint density at radius 1 is 1.12 bits per heavy atom. The number of rotatable bonds is 3. The molecule has 0 heterocycles. The molecule has 0 nitrogen and oxygen atoms in total. The molecule has 0 fully saturated rings. The lowest BCUT2D eigenvalue weighted by atomic mass is 9.98. The predicted octanol–water partition coefficient (Wildman–Crippen LogP) is 5.30. The second kappa shape index (κ2) is 6.01. The molecule has 0 unspecified atom stereocenters. The molecular formula is C16H15I. The van der Waals surface area contributed by atoms with Gasteiger partial charge < -0.3 is 0 Å². The van der Waals surface area contributed by atoms with Crippen molar-refractivity contribution < 1.29 is 0 Å². The fourth-order valence-electron chi connectivity index (χ4n) is 2.25. The van der Waals surface area contributed by atoms with Crippen molar-refractivity contribution in [2.45, 2.75) is 12.8 Å². The molecule has 0 amide bonds. The van der Waals surface area contributed by atoms with Crippen LogP contribution in [0.25, 0.3) is 5.57 Å². The average molecular weight is 334 g/mol. The maximum atomic E-state index is 3.80. The van der Waals surface area contributed by atoms with E-state index in [1.54, 1.807) is 0 Å². The first kappa shape index (κ1) is 12.4. The van der Waals surface area contributed by atoms with Crippen LogP contribution in [0.3, 0.4) is 0 Å². The SMILES string of the molecule is C=C/C=C1\CCC(/C=C/I)=C1c1ccccc1. The molecule has 0 saturated carbocycles. The maximum absolute atomic E-state index is 3.80. The number of benzene rings is 1. The molecule has 2 rings (SSSR count). The quantitative estimate of drug-likeness (QED) is 0.659. The minimum atomic E-state index is 1.12. The van der Waals surface area contributed by atoms with E-state index in [1.807, 2.05) is 6.08 Å². The highest BCUT2D eigenvalue weighted by Crippen LogP contribution is 2.39. The zero-order valence-electron chi connectivity index (χ0n) is 9.70. The lowest BCUT2D eigenvalue weighted by Crippen LogP contribution is -1.85. The topological polar surface area (TPSA) is 0 Å². The Hall–Kier alpha value is -1.09. The second-order valence-corrected chi connectivity index (χ2v) is 4.71. The Bertz CT molecular complexity index is 490. The third-order valence-corrected chi connectivity index (χ3v) is 3.31. The van der Waals surface area contributed by atoms with E-state index in [-0.39, 0.29) is 0 Å². The van der Waals surface area contributed by atoms with Crippen molar-refractivity contribution in [2.75, 3.05) is 0 Å². The molecular weight excluding hydrogens is 319 g/mol. The van der Waals surface area contributed by atoms with Crippen LogP contribution in [0.5, 0.6) is 0 Å². The van der Waals surface area contributed by atoms with Crippen LogP contribution in [0.15, 0.2) is 70.4 Å². The number of allylic oxidation sites excluding steroid dienone is 6. The van der Waals surface area contributed by atoms with Crippen molar-refractivity contribution in [3.8, 4) is 0 Å². The summed E-state index contributed by atoms with van der Waals surface area (Å²) in [6.07, 6.45) is 8.48. The summed E-state index contributed by atoms with van der Waals surface area (Å²) < 4.78 is 2.09. The summed E-state index contributed by atoms with van der Waals surface area (Å²) >= 11 is 2.28. The minimum absolute atomic E-state index is 1.12. The van der Waals surface area contributed by atoms with Crippen LogP contribution < -0.4 is 0 Å². The molecule has 1 heteroatoms. The summed E-state index contributed by atoms with van der Waals surface area (Å²) in [4.78, 5) is 0. The zero-order valence-corrected chi connectivity index (χ0v) is 11.9. The molecule has 0 atom stereocenters. The molecule has 1 aliphatic rings. The van der Waals surface area contributed by atoms with Crippen LogP contribution in [0.2, 0.25) is 0 Å². The first-order chi connectivity index (χ1) is 8.36. The molecule has 0 aromatic heterocycles. The van der Waals surface area contributed by atoms with Crippen LogP contribution in [0.4, 0.5) is 0 Å². The highest BCUT2D eigenvalue weighted by molar-refractivity contribution is 14.1. The molecule has 0 N–H and O–H groups in total. The first-order valence-corrected chi connectivity index (χ1v) is 6.98. The van der Waals surface area contributed by atoms with E-state index in [0.29, 0.717) is 0 Å². The standard InChI is InChI=1S/C16H15I/c1-2-6-13-9-10-15(11-12-17)16(13)14-7-4-3-5-8-14/h2-8,11-12H,1,9-10H2/b12-11+,13-6+. The molecule has 0 spiro atoms. The van der Waals surface area contributed by atoms with E-state index in [9.17, 15) is 0 Å².